The monoisotopic (exact) mass is 419 g/mol. The number of anilines is 1. The van der Waals surface area contributed by atoms with Gasteiger partial charge >= 0.3 is 0 Å². The molecule has 2 amide bonds. The lowest BCUT2D eigenvalue weighted by Gasteiger charge is -2.32. The van der Waals surface area contributed by atoms with Gasteiger partial charge in [-0.1, -0.05) is 53.8 Å². The first-order chi connectivity index (χ1) is 14.7. The number of carbonyl (C=O) groups excluding carboxylic acids is 2. The summed E-state index contributed by atoms with van der Waals surface area (Å²) >= 11 is 1.55. The van der Waals surface area contributed by atoms with Crippen LogP contribution in [-0.4, -0.2) is 41.3 Å². The van der Waals surface area contributed by atoms with Crippen LogP contribution in [0.2, 0.25) is 0 Å². The molecule has 0 spiro atoms. The van der Waals surface area contributed by atoms with Crippen LogP contribution < -0.4 is 4.90 Å². The highest BCUT2D eigenvalue weighted by molar-refractivity contribution is 7.22. The first-order valence-corrected chi connectivity index (χ1v) is 11.2. The zero-order valence-corrected chi connectivity index (χ0v) is 17.8. The van der Waals surface area contributed by atoms with Gasteiger partial charge in [0.15, 0.2) is 5.13 Å². The van der Waals surface area contributed by atoms with Crippen molar-refractivity contribution in [2.24, 2.45) is 5.92 Å². The van der Waals surface area contributed by atoms with E-state index in [1.165, 1.54) is 0 Å². The number of hydrogen-bond donors (Lipinski definition) is 0. The van der Waals surface area contributed by atoms with Crippen LogP contribution in [0.1, 0.15) is 25.3 Å². The average molecular weight is 420 g/mol. The molecule has 6 heteroatoms. The number of nitrogens with zero attached hydrogens (tertiary/aromatic N) is 3. The Morgan fingerprint density at radius 1 is 1.10 bits per heavy atom. The highest BCUT2D eigenvalue weighted by atomic mass is 32.1. The zero-order chi connectivity index (χ0) is 20.9. The first kappa shape index (κ1) is 20.3. The Labute approximate surface area is 180 Å². The summed E-state index contributed by atoms with van der Waals surface area (Å²) in [7, 11) is 0. The largest absolute Gasteiger partial charge is 0.339 e. The molecule has 0 N–H and O–H groups in total. The van der Waals surface area contributed by atoms with Gasteiger partial charge in [0.05, 0.1) is 10.2 Å². The molecule has 0 radical (unpaired) electrons. The van der Waals surface area contributed by atoms with Gasteiger partial charge in [0.1, 0.15) is 0 Å². The van der Waals surface area contributed by atoms with Crippen molar-refractivity contribution in [2.75, 3.05) is 24.5 Å². The molecule has 2 heterocycles. The number of hydrogen-bond acceptors (Lipinski definition) is 4. The van der Waals surface area contributed by atoms with Crippen LogP contribution >= 0.6 is 11.3 Å². The Balaban J connectivity index is 1.37. The lowest BCUT2D eigenvalue weighted by molar-refractivity contribution is -0.130. The number of thiazole rings is 1. The highest BCUT2D eigenvalue weighted by Gasteiger charge is 2.31. The molecule has 1 aromatic heterocycles. The molecule has 1 saturated heterocycles. The summed E-state index contributed by atoms with van der Waals surface area (Å²) in [5.74, 6) is 0.0471. The molecule has 1 aliphatic rings. The van der Waals surface area contributed by atoms with E-state index in [1.54, 1.807) is 22.3 Å². The summed E-state index contributed by atoms with van der Waals surface area (Å²) in [5, 5.41) is 0.757. The Bertz CT molecular complexity index is 1020. The fourth-order valence-corrected chi connectivity index (χ4v) is 4.80. The van der Waals surface area contributed by atoms with Crippen molar-refractivity contribution in [1.82, 2.24) is 9.88 Å². The minimum atomic E-state index is -0.0703. The summed E-state index contributed by atoms with van der Waals surface area (Å²) < 4.78 is 1.09. The maximum absolute atomic E-state index is 13.2. The van der Waals surface area contributed by atoms with Gasteiger partial charge in [-0.15, -0.1) is 0 Å². The second-order valence-electron chi connectivity index (χ2n) is 7.39. The normalized spacial score (nSPS) is 15.0. The molecule has 154 valence electrons. The second-order valence-corrected chi connectivity index (χ2v) is 8.40. The minimum absolute atomic E-state index is 0.00303. The van der Waals surface area contributed by atoms with Crippen LogP contribution in [0.25, 0.3) is 16.3 Å². The van der Waals surface area contributed by atoms with Crippen LogP contribution in [0.5, 0.6) is 0 Å². The highest BCUT2D eigenvalue weighted by Crippen LogP contribution is 2.31. The van der Waals surface area contributed by atoms with Gasteiger partial charge < -0.3 is 4.90 Å². The fraction of sp³-hybridized carbons (Fsp3) is 0.292. The number of benzene rings is 2. The molecular formula is C24H25N3O2S. The van der Waals surface area contributed by atoms with Crippen LogP contribution in [0.3, 0.4) is 0 Å². The van der Waals surface area contributed by atoms with E-state index in [0.29, 0.717) is 32.5 Å². The van der Waals surface area contributed by atoms with Gasteiger partial charge in [0.25, 0.3) is 0 Å². The molecule has 5 nitrogen and oxygen atoms in total. The molecule has 3 aromatic rings. The smallest absolute Gasteiger partial charge is 0.246 e. The zero-order valence-electron chi connectivity index (χ0n) is 17.0. The predicted molar refractivity (Wildman–Crippen MR) is 122 cm³/mol. The van der Waals surface area contributed by atoms with Gasteiger partial charge in [0.2, 0.25) is 11.8 Å². The molecule has 0 saturated carbocycles. The van der Waals surface area contributed by atoms with Crippen LogP contribution in [-0.2, 0) is 9.59 Å². The van der Waals surface area contributed by atoms with Crippen molar-refractivity contribution in [2.45, 2.75) is 19.8 Å². The fourth-order valence-electron chi connectivity index (χ4n) is 3.77. The Morgan fingerprint density at radius 2 is 1.80 bits per heavy atom. The summed E-state index contributed by atoms with van der Waals surface area (Å²) in [6.07, 6.45) is 4.83. The van der Waals surface area contributed by atoms with Crippen LogP contribution in [0.4, 0.5) is 5.13 Å². The average Bonchev–Trinajstić information content (AvgIpc) is 3.22. The summed E-state index contributed by atoms with van der Waals surface area (Å²) in [6.45, 7) is 3.78. The van der Waals surface area contributed by atoms with Crippen LogP contribution in [0.15, 0.2) is 60.7 Å². The minimum Gasteiger partial charge on any atom is -0.339 e. The standard InChI is InChI=1S/C24H25N3O2S/c1-2-27(24-25-20-10-6-7-11-21(20)30-24)23(29)19-14-16-26(17-15-19)22(28)13-12-18-8-4-3-5-9-18/h3-13,19H,2,14-17H2,1H3. The molecule has 4 rings (SSSR count). The van der Waals surface area contributed by atoms with Gasteiger partial charge in [0, 0.05) is 31.6 Å². The van der Waals surface area contributed by atoms with Crippen molar-refractivity contribution in [3.8, 4) is 0 Å². The molecular weight excluding hydrogens is 394 g/mol. The molecule has 1 aliphatic heterocycles. The predicted octanol–water partition coefficient (Wildman–Crippen LogP) is 4.60. The molecule has 0 bridgehead atoms. The molecule has 0 atom stereocenters. The van der Waals surface area contributed by atoms with Crippen LogP contribution in [0, 0.1) is 5.92 Å². The van der Waals surface area contributed by atoms with E-state index < -0.39 is 0 Å². The quantitative estimate of drug-likeness (QED) is 0.568. The summed E-state index contributed by atoms with van der Waals surface area (Å²) in [4.78, 5) is 33.9. The van der Waals surface area contributed by atoms with Gasteiger partial charge in [-0.2, -0.15) is 0 Å². The lowest BCUT2D eigenvalue weighted by atomic mass is 9.95. The Kier molecular flexibility index (Phi) is 6.23. The number of rotatable bonds is 5. The number of fused-ring (bicyclic) bond motifs is 1. The van der Waals surface area contributed by atoms with Crippen molar-refractivity contribution in [3.05, 3.63) is 66.2 Å². The third kappa shape index (κ3) is 4.44. The van der Waals surface area contributed by atoms with E-state index in [2.05, 4.69) is 4.98 Å². The van der Waals surface area contributed by atoms with E-state index >= 15 is 0 Å². The number of likely N-dealkylation sites (tertiary alicyclic amines) is 1. The Morgan fingerprint density at radius 3 is 2.50 bits per heavy atom. The summed E-state index contributed by atoms with van der Waals surface area (Å²) in [5.41, 5.74) is 1.93. The maximum atomic E-state index is 13.2. The molecule has 1 fully saturated rings. The van der Waals surface area contributed by atoms with Crippen molar-refractivity contribution in [3.63, 3.8) is 0 Å². The summed E-state index contributed by atoms with van der Waals surface area (Å²) in [6, 6.07) is 17.7. The number of para-hydroxylation sites is 1. The Hall–Kier alpha value is -2.99. The van der Waals surface area contributed by atoms with E-state index in [4.69, 9.17) is 0 Å². The number of piperidine rings is 1. The van der Waals surface area contributed by atoms with Crippen molar-refractivity contribution >= 4 is 44.6 Å². The van der Waals surface area contributed by atoms with Gasteiger partial charge in [-0.05, 0) is 43.5 Å². The van der Waals surface area contributed by atoms with E-state index in [0.717, 1.165) is 20.9 Å². The van der Waals surface area contributed by atoms with Crippen molar-refractivity contribution in [1.29, 1.82) is 0 Å². The van der Waals surface area contributed by atoms with Crippen molar-refractivity contribution < 1.29 is 9.59 Å². The molecule has 0 aliphatic carbocycles. The van der Waals surface area contributed by atoms with E-state index in [-0.39, 0.29) is 17.7 Å². The van der Waals surface area contributed by atoms with E-state index in [1.807, 2.05) is 72.5 Å². The first-order valence-electron chi connectivity index (χ1n) is 10.3. The number of carbonyl (C=O) groups is 2. The topological polar surface area (TPSA) is 53.5 Å². The molecule has 30 heavy (non-hydrogen) atoms. The number of amides is 2. The maximum Gasteiger partial charge on any atom is 0.246 e. The van der Waals surface area contributed by atoms with E-state index in [9.17, 15) is 9.59 Å². The molecule has 2 aromatic carbocycles. The third-order valence-corrected chi connectivity index (χ3v) is 6.53. The number of aromatic nitrogens is 1. The second kappa shape index (κ2) is 9.22. The molecule has 0 unspecified atom stereocenters. The SMILES string of the molecule is CCN(C(=O)C1CCN(C(=O)C=Cc2ccccc2)CC1)c1nc2ccccc2s1. The third-order valence-electron chi connectivity index (χ3n) is 5.47. The van der Waals surface area contributed by atoms with Gasteiger partial charge in [-0.3, -0.25) is 14.5 Å². The lowest BCUT2D eigenvalue weighted by Crippen LogP contribution is -2.44. The van der Waals surface area contributed by atoms with Gasteiger partial charge in [-0.25, -0.2) is 4.98 Å².